The van der Waals surface area contributed by atoms with Gasteiger partial charge in [-0.15, -0.1) is 0 Å². The predicted octanol–water partition coefficient (Wildman–Crippen LogP) is 4.46. The van der Waals surface area contributed by atoms with Gasteiger partial charge >= 0.3 is 0 Å². The highest BCUT2D eigenvalue weighted by molar-refractivity contribution is 5.27. The van der Waals surface area contributed by atoms with Crippen molar-refractivity contribution < 1.29 is 4.74 Å². The van der Waals surface area contributed by atoms with E-state index in [2.05, 4.69) is 31.2 Å². The zero-order valence-electron chi connectivity index (χ0n) is 11.5. The first-order valence-corrected chi connectivity index (χ1v) is 7.54. The maximum absolute atomic E-state index is 6.15. The van der Waals surface area contributed by atoms with Crippen LogP contribution in [0.5, 0.6) is 0 Å². The molecule has 1 aromatic carbocycles. The van der Waals surface area contributed by atoms with Crippen molar-refractivity contribution >= 4 is 0 Å². The van der Waals surface area contributed by atoms with Gasteiger partial charge in [0.15, 0.2) is 0 Å². The first kappa shape index (κ1) is 12.2. The smallest absolute Gasteiger partial charge is 0.0689 e. The van der Waals surface area contributed by atoms with E-state index in [0.717, 1.165) is 6.61 Å². The molecule has 98 valence electrons. The Hall–Kier alpha value is -0.820. The minimum absolute atomic E-state index is 0.257. The molecule has 1 saturated carbocycles. The summed E-state index contributed by atoms with van der Waals surface area (Å²) in [6.45, 7) is 3.18. The van der Waals surface area contributed by atoms with E-state index in [1.54, 1.807) is 0 Å². The van der Waals surface area contributed by atoms with Crippen LogP contribution < -0.4 is 0 Å². The Morgan fingerprint density at radius 3 is 2.56 bits per heavy atom. The molecule has 1 spiro atoms. The lowest BCUT2D eigenvalue weighted by Gasteiger charge is -2.21. The van der Waals surface area contributed by atoms with Crippen molar-refractivity contribution in [1.29, 1.82) is 0 Å². The summed E-state index contributed by atoms with van der Waals surface area (Å²) in [6, 6.07) is 9.26. The second-order valence-electron chi connectivity index (χ2n) is 6.09. The van der Waals surface area contributed by atoms with E-state index < -0.39 is 0 Å². The van der Waals surface area contributed by atoms with E-state index in [-0.39, 0.29) is 5.60 Å². The van der Waals surface area contributed by atoms with E-state index in [9.17, 15) is 0 Å². The Balaban J connectivity index is 1.68. The Morgan fingerprint density at radius 2 is 1.89 bits per heavy atom. The third-order valence-electron chi connectivity index (χ3n) is 4.71. The van der Waals surface area contributed by atoms with Crippen LogP contribution in [0.4, 0.5) is 0 Å². The highest BCUT2D eigenvalue weighted by atomic mass is 16.5. The zero-order valence-corrected chi connectivity index (χ0v) is 11.5. The van der Waals surface area contributed by atoms with Gasteiger partial charge in [0.25, 0.3) is 0 Å². The maximum atomic E-state index is 6.15. The predicted molar refractivity (Wildman–Crippen MR) is 74.9 cm³/mol. The van der Waals surface area contributed by atoms with Crippen LogP contribution >= 0.6 is 0 Å². The average molecular weight is 244 g/mol. The van der Waals surface area contributed by atoms with Gasteiger partial charge in [0.2, 0.25) is 0 Å². The Labute approximate surface area is 111 Å². The molecule has 18 heavy (non-hydrogen) atoms. The van der Waals surface area contributed by atoms with Crippen LogP contribution in [0.2, 0.25) is 0 Å². The lowest BCUT2D eigenvalue weighted by Crippen LogP contribution is -2.22. The third-order valence-corrected chi connectivity index (χ3v) is 4.71. The second kappa shape index (κ2) is 5.05. The largest absolute Gasteiger partial charge is 0.374 e. The summed E-state index contributed by atoms with van der Waals surface area (Å²) in [5.74, 6) is 0.638. The van der Waals surface area contributed by atoms with Crippen molar-refractivity contribution in [2.45, 2.75) is 63.4 Å². The fourth-order valence-corrected chi connectivity index (χ4v) is 3.67. The van der Waals surface area contributed by atoms with Crippen molar-refractivity contribution in [2.24, 2.45) is 0 Å². The molecule has 1 aromatic rings. The fraction of sp³-hybridized carbons (Fsp3) is 0.647. The lowest BCUT2D eigenvalue weighted by atomic mass is 9.88. The molecule has 1 aliphatic heterocycles. The van der Waals surface area contributed by atoms with Gasteiger partial charge in [0, 0.05) is 5.92 Å². The van der Waals surface area contributed by atoms with Crippen molar-refractivity contribution in [3.63, 3.8) is 0 Å². The summed E-state index contributed by atoms with van der Waals surface area (Å²) in [5, 5.41) is 0. The Morgan fingerprint density at radius 1 is 1.17 bits per heavy atom. The zero-order chi connectivity index (χ0) is 12.4. The summed E-state index contributed by atoms with van der Waals surface area (Å²) < 4.78 is 6.15. The van der Waals surface area contributed by atoms with Gasteiger partial charge in [-0.05, 0) is 36.8 Å². The molecule has 1 atom stereocenters. The minimum Gasteiger partial charge on any atom is -0.374 e. The van der Waals surface area contributed by atoms with Crippen LogP contribution in [0.1, 0.15) is 62.5 Å². The monoisotopic (exact) mass is 244 g/mol. The van der Waals surface area contributed by atoms with Gasteiger partial charge in [-0.2, -0.15) is 0 Å². The molecule has 0 aromatic heterocycles. The molecule has 1 aliphatic carbocycles. The maximum Gasteiger partial charge on any atom is 0.0689 e. The molecule has 0 radical (unpaired) electrons. The second-order valence-corrected chi connectivity index (χ2v) is 6.09. The van der Waals surface area contributed by atoms with Crippen molar-refractivity contribution in [2.75, 3.05) is 6.61 Å². The molecule has 1 heterocycles. The molecule has 0 N–H and O–H groups in total. The summed E-state index contributed by atoms with van der Waals surface area (Å²) in [6.07, 6.45) is 8.99. The molecule has 3 rings (SSSR count). The van der Waals surface area contributed by atoms with Crippen LogP contribution in [0.15, 0.2) is 24.3 Å². The molecular formula is C17H24O. The molecule has 1 heteroatoms. The number of rotatable bonds is 3. The van der Waals surface area contributed by atoms with Gasteiger partial charge in [-0.25, -0.2) is 0 Å². The Bertz CT molecular complexity index is 387. The molecular weight excluding hydrogens is 220 g/mol. The van der Waals surface area contributed by atoms with Crippen LogP contribution in [0.3, 0.4) is 0 Å². The molecule has 2 aliphatic rings. The van der Waals surface area contributed by atoms with Crippen LogP contribution in [0.25, 0.3) is 0 Å². The van der Waals surface area contributed by atoms with Crippen LogP contribution in [-0.2, 0) is 11.2 Å². The topological polar surface area (TPSA) is 9.23 Å². The van der Waals surface area contributed by atoms with E-state index in [4.69, 9.17) is 4.74 Å². The normalized spacial score (nSPS) is 25.9. The summed E-state index contributed by atoms with van der Waals surface area (Å²) in [4.78, 5) is 0. The SMILES string of the molecule is CCCc1ccc(C2COC3(CCCC3)C2)cc1. The molecule has 0 amide bonds. The van der Waals surface area contributed by atoms with Crippen LogP contribution in [-0.4, -0.2) is 12.2 Å². The molecule has 2 fully saturated rings. The first-order valence-electron chi connectivity index (χ1n) is 7.54. The van der Waals surface area contributed by atoms with E-state index >= 15 is 0 Å². The molecule has 1 unspecified atom stereocenters. The number of benzene rings is 1. The quantitative estimate of drug-likeness (QED) is 0.763. The van der Waals surface area contributed by atoms with Crippen LogP contribution in [0, 0.1) is 0 Å². The van der Waals surface area contributed by atoms with Gasteiger partial charge in [-0.1, -0.05) is 50.5 Å². The van der Waals surface area contributed by atoms with Gasteiger partial charge in [-0.3, -0.25) is 0 Å². The number of hydrogen-bond donors (Lipinski definition) is 0. The van der Waals surface area contributed by atoms with E-state index in [1.807, 2.05) is 0 Å². The summed E-state index contributed by atoms with van der Waals surface area (Å²) in [7, 11) is 0. The third kappa shape index (κ3) is 2.33. The Kier molecular flexibility index (Phi) is 3.43. The minimum atomic E-state index is 0.257. The van der Waals surface area contributed by atoms with Gasteiger partial charge < -0.3 is 4.74 Å². The number of ether oxygens (including phenoxy) is 1. The van der Waals surface area contributed by atoms with Gasteiger partial charge in [0.1, 0.15) is 0 Å². The number of aryl methyl sites for hydroxylation is 1. The first-order chi connectivity index (χ1) is 8.81. The van der Waals surface area contributed by atoms with Crippen molar-refractivity contribution in [3.05, 3.63) is 35.4 Å². The average Bonchev–Trinajstić information content (AvgIpc) is 3.02. The summed E-state index contributed by atoms with van der Waals surface area (Å²) in [5.41, 5.74) is 3.21. The molecule has 1 saturated heterocycles. The fourth-order valence-electron chi connectivity index (χ4n) is 3.67. The standard InChI is InChI=1S/C17H24O/c1-2-5-14-6-8-15(9-7-14)16-12-17(18-13-16)10-3-4-11-17/h6-9,16H,2-5,10-13H2,1H3. The molecule has 1 nitrogen and oxygen atoms in total. The van der Waals surface area contributed by atoms with Crippen molar-refractivity contribution in [1.82, 2.24) is 0 Å². The summed E-state index contributed by atoms with van der Waals surface area (Å²) >= 11 is 0. The highest BCUT2D eigenvalue weighted by Gasteiger charge is 2.42. The van der Waals surface area contributed by atoms with Crippen molar-refractivity contribution in [3.8, 4) is 0 Å². The highest BCUT2D eigenvalue weighted by Crippen LogP contribution is 2.46. The van der Waals surface area contributed by atoms with Gasteiger partial charge in [0.05, 0.1) is 12.2 Å². The lowest BCUT2D eigenvalue weighted by molar-refractivity contribution is 0.0101. The number of hydrogen-bond acceptors (Lipinski definition) is 1. The van der Waals surface area contributed by atoms with E-state index in [0.29, 0.717) is 5.92 Å². The molecule has 0 bridgehead atoms. The van der Waals surface area contributed by atoms with E-state index in [1.165, 1.54) is 56.1 Å².